The van der Waals surface area contributed by atoms with Gasteiger partial charge >= 0.3 is 5.97 Å². The fourth-order valence-corrected chi connectivity index (χ4v) is 2.08. The highest BCUT2D eigenvalue weighted by atomic mass is 16.5. The average Bonchev–Trinajstić information content (AvgIpc) is 2.53. The van der Waals surface area contributed by atoms with E-state index < -0.39 is 5.97 Å². The van der Waals surface area contributed by atoms with Crippen LogP contribution in [-0.4, -0.2) is 27.3 Å². The minimum Gasteiger partial charge on any atom is -0.492 e. The molecule has 0 bridgehead atoms. The third-order valence-corrected chi connectivity index (χ3v) is 3.01. The van der Waals surface area contributed by atoms with Gasteiger partial charge in [-0.25, -0.2) is 4.79 Å². The summed E-state index contributed by atoms with van der Waals surface area (Å²) in [5.74, 6) is 0.432. The molecular weight excluding hydrogens is 256 g/mol. The predicted molar refractivity (Wildman–Crippen MR) is 76.3 cm³/mol. The van der Waals surface area contributed by atoms with Crippen LogP contribution in [0.15, 0.2) is 42.5 Å². The van der Waals surface area contributed by atoms with Crippen molar-refractivity contribution in [3.63, 3.8) is 0 Å². The predicted octanol–water partition coefficient (Wildman–Crippen LogP) is 3.16. The molecule has 0 spiro atoms. The third-order valence-electron chi connectivity index (χ3n) is 3.01. The van der Waals surface area contributed by atoms with Crippen LogP contribution in [0, 0.1) is 0 Å². The maximum absolute atomic E-state index is 11.8. The smallest absolute Gasteiger partial charge is 0.341 e. The summed E-state index contributed by atoms with van der Waals surface area (Å²) in [4.78, 5) is 11.8. The van der Waals surface area contributed by atoms with Crippen LogP contribution in [0.25, 0.3) is 11.1 Å². The van der Waals surface area contributed by atoms with E-state index in [2.05, 4.69) is 0 Å². The zero-order valence-electron chi connectivity index (χ0n) is 11.7. The molecule has 0 unspecified atom stereocenters. The Bertz CT molecular complexity index is 605. The summed E-state index contributed by atoms with van der Waals surface area (Å²) in [5.41, 5.74) is 2.18. The van der Waals surface area contributed by atoms with E-state index in [0.717, 1.165) is 11.1 Å². The van der Waals surface area contributed by atoms with Crippen LogP contribution in [0.1, 0.15) is 10.4 Å². The second-order valence-electron chi connectivity index (χ2n) is 4.08. The fraction of sp³-hybridized carbons (Fsp3) is 0.188. The van der Waals surface area contributed by atoms with Crippen LogP contribution >= 0.6 is 0 Å². The van der Waals surface area contributed by atoms with Crippen molar-refractivity contribution in [3.8, 4) is 22.6 Å². The van der Waals surface area contributed by atoms with E-state index in [1.165, 1.54) is 14.2 Å². The molecule has 2 rings (SSSR count). The van der Waals surface area contributed by atoms with Crippen molar-refractivity contribution in [1.82, 2.24) is 0 Å². The van der Waals surface area contributed by atoms with Gasteiger partial charge in [0.15, 0.2) is 11.5 Å². The Morgan fingerprint density at radius 2 is 1.50 bits per heavy atom. The van der Waals surface area contributed by atoms with Crippen molar-refractivity contribution in [1.29, 1.82) is 0 Å². The third kappa shape index (κ3) is 2.45. The van der Waals surface area contributed by atoms with Gasteiger partial charge < -0.3 is 14.2 Å². The van der Waals surface area contributed by atoms with Crippen LogP contribution in [0.4, 0.5) is 0 Å². The van der Waals surface area contributed by atoms with E-state index in [-0.39, 0.29) is 0 Å². The monoisotopic (exact) mass is 272 g/mol. The van der Waals surface area contributed by atoms with Gasteiger partial charge in [-0.3, -0.25) is 0 Å². The largest absolute Gasteiger partial charge is 0.492 e. The van der Waals surface area contributed by atoms with Gasteiger partial charge in [-0.15, -0.1) is 0 Å². The quantitative estimate of drug-likeness (QED) is 0.802. The molecule has 4 nitrogen and oxygen atoms in total. The van der Waals surface area contributed by atoms with Gasteiger partial charge in [0.25, 0.3) is 0 Å². The Morgan fingerprint density at radius 1 is 0.850 bits per heavy atom. The van der Waals surface area contributed by atoms with Crippen LogP contribution in [0.5, 0.6) is 11.5 Å². The number of rotatable bonds is 4. The molecule has 0 saturated heterocycles. The number of benzene rings is 2. The maximum Gasteiger partial charge on any atom is 0.341 e. The van der Waals surface area contributed by atoms with Crippen LogP contribution < -0.4 is 9.47 Å². The number of carbonyl (C=O) groups excluding carboxylic acids is 1. The lowest BCUT2D eigenvalue weighted by atomic mass is 10.0. The molecule has 0 aromatic heterocycles. The van der Waals surface area contributed by atoms with Gasteiger partial charge in [0, 0.05) is 5.56 Å². The number of methoxy groups -OCH3 is 3. The summed E-state index contributed by atoms with van der Waals surface area (Å²) in [7, 11) is 4.38. The molecule has 0 atom stereocenters. The summed E-state index contributed by atoms with van der Waals surface area (Å²) < 4.78 is 15.5. The van der Waals surface area contributed by atoms with E-state index >= 15 is 0 Å². The zero-order chi connectivity index (χ0) is 14.5. The first-order valence-electron chi connectivity index (χ1n) is 6.11. The van der Waals surface area contributed by atoms with Gasteiger partial charge in [-0.1, -0.05) is 30.3 Å². The minimum atomic E-state index is -0.459. The number of hydrogen-bond acceptors (Lipinski definition) is 4. The SMILES string of the molecule is COC(=O)c1ccc(-c2ccccc2)c(OC)c1OC. The van der Waals surface area contributed by atoms with E-state index in [1.807, 2.05) is 36.4 Å². The summed E-state index contributed by atoms with van der Waals surface area (Å²) in [6, 6.07) is 13.3. The van der Waals surface area contributed by atoms with Crippen molar-refractivity contribution in [2.45, 2.75) is 0 Å². The first kappa shape index (κ1) is 13.9. The van der Waals surface area contributed by atoms with Gasteiger partial charge in [0.2, 0.25) is 0 Å². The lowest BCUT2D eigenvalue weighted by Gasteiger charge is -2.15. The summed E-state index contributed by atoms with van der Waals surface area (Å²) in [6.45, 7) is 0. The Morgan fingerprint density at radius 3 is 2.05 bits per heavy atom. The molecule has 0 fully saturated rings. The van der Waals surface area contributed by atoms with Gasteiger partial charge in [-0.05, 0) is 17.7 Å². The Labute approximate surface area is 117 Å². The van der Waals surface area contributed by atoms with E-state index in [4.69, 9.17) is 14.2 Å². The second kappa shape index (κ2) is 6.10. The molecule has 2 aromatic rings. The van der Waals surface area contributed by atoms with Crippen LogP contribution in [0.2, 0.25) is 0 Å². The summed E-state index contributed by atoms with van der Waals surface area (Å²) in [5, 5.41) is 0. The highest BCUT2D eigenvalue weighted by molar-refractivity contribution is 5.95. The average molecular weight is 272 g/mol. The number of ether oxygens (including phenoxy) is 3. The summed E-state index contributed by atoms with van der Waals surface area (Å²) >= 11 is 0. The van der Waals surface area contributed by atoms with Gasteiger partial charge in [-0.2, -0.15) is 0 Å². The van der Waals surface area contributed by atoms with Crippen molar-refractivity contribution < 1.29 is 19.0 Å². The van der Waals surface area contributed by atoms with Crippen molar-refractivity contribution in [2.75, 3.05) is 21.3 Å². The first-order valence-corrected chi connectivity index (χ1v) is 6.11. The molecule has 0 N–H and O–H groups in total. The molecule has 0 aliphatic heterocycles. The maximum atomic E-state index is 11.8. The van der Waals surface area contributed by atoms with E-state index in [0.29, 0.717) is 17.1 Å². The van der Waals surface area contributed by atoms with E-state index in [9.17, 15) is 4.79 Å². The number of carbonyl (C=O) groups is 1. The normalized spacial score (nSPS) is 9.95. The number of esters is 1. The zero-order valence-corrected chi connectivity index (χ0v) is 11.7. The Balaban J connectivity index is 2.64. The first-order chi connectivity index (χ1) is 9.72. The number of hydrogen-bond donors (Lipinski definition) is 0. The van der Waals surface area contributed by atoms with E-state index in [1.54, 1.807) is 13.2 Å². The molecule has 0 saturated carbocycles. The molecule has 0 aliphatic carbocycles. The molecule has 20 heavy (non-hydrogen) atoms. The molecule has 0 heterocycles. The lowest BCUT2D eigenvalue weighted by molar-refractivity contribution is 0.0596. The highest BCUT2D eigenvalue weighted by Crippen LogP contribution is 2.40. The van der Waals surface area contributed by atoms with Gasteiger partial charge in [0.1, 0.15) is 5.56 Å². The lowest BCUT2D eigenvalue weighted by Crippen LogP contribution is -2.06. The standard InChI is InChI=1S/C16H16O4/c1-18-14-12(11-7-5-4-6-8-11)9-10-13(15(14)19-2)16(17)20-3/h4-10H,1-3H3. The Kier molecular flexibility index (Phi) is 4.25. The van der Waals surface area contributed by atoms with Crippen molar-refractivity contribution >= 4 is 5.97 Å². The molecule has 4 heteroatoms. The van der Waals surface area contributed by atoms with Gasteiger partial charge in [0.05, 0.1) is 21.3 Å². The van der Waals surface area contributed by atoms with Crippen LogP contribution in [0.3, 0.4) is 0 Å². The molecule has 0 radical (unpaired) electrons. The summed E-state index contributed by atoms with van der Waals surface area (Å²) in [6.07, 6.45) is 0. The van der Waals surface area contributed by atoms with Crippen molar-refractivity contribution in [3.05, 3.63) is 48.0 Å². The molecule has 0 aliphatic rings. The Hall–Kier alpha value is -2.49. The van der Waals surface area contributed by atoms with Crippen molar-refractivity contribution in [2.24, 2.45) is 0 Å². The minimum absolute atomic E-state index is 0.339. The molecule has 0 amide bonds. The topological polar surface area (TPSA) is 44.8 Å². The second-order valence-corrected chi connectivity index (χ2v) is 4.08. The highest BCUT2D eigenvalue weighted by Gasteiger charge is 2.20. The van der Waals surface area contributed by atoms with Crippen LogP contribution in [-0.2, 0) is 4.74 Å². The fourth-order valence-electron chi connectivity index (χ4n) is 2.08. The molecule has 2 aromatic carbocycles. The molecular formula is C16H16O4. The molecule has 104 valence electrons.